The monoisotopic (exact) mass is 191 g/mol. The zero-order valence-electron chi connectivity index (χ0n) is 9.24. The summed E-state index contributed by atoms with van der Waals surface area (Å²) in [6.45, 7) is 5.88. The number of nitrogens with zero attached hydrogens (tertiary/aromatic N) is 1. The Morgan fingerprint density at radius 2 is 1.79 bits per heavy atom. The van der Waals surface area contributed by atoms with Gasteiger partial charge in [-0.25, -0.2) is 0 Å². The molecule has 14 heavy (non-hydrogen) atoms. The van der Waals surface area contributed by atoms with E-state index >= 15 is 0 Å². The van der Waals surface area contributed by atoms with Crippen LogP contribution in [0.15, 0.2) is 35.3 Å². The maximum absolute atomic E-state index is 5.24. The quantitative estimate of drug-likeness (QED) is 0.673. The lowest BCUT2D eigenvalue weighted by Gasteiger charge is -2.18. The van der Waals surface area contributed by atoms with E-state index in [-0.39, 0.29) is 0 Å². The Bertz CT molecular complexity index is 314. The van der Waals surface area contributed by atoms with Crippen molar-refractivity contribution < 1.29 is 4.74 Å². The molecule has 1 aromatic carbocycles. The van der Waals surface area contributed by atoms with Gasteiger partial charge in [0.15, 0.2) is 5.72 Å². The molecule has 1 aromatic rings. The van der Waals surface area contributed by atoms with Crippen molar-refractivity contribution in [3.8, 4) is 0 Å². The van der Waals surface area contributed by atoms with Gasteiger partial charge in [0.25, 0.3) is 0 Å². The Labute approximate surface area is 85.6 Å². The molecule has 1 rings (SSSR count). The van der Waals surface area contributed by atoms with Crippen LogP contribution >= 0.6 is 0 Å². The third kappa shape index (κ3) is 2.96. The summed E-state index contributed by atoms with van der Waals surface area (Å²) in [5, 5.41) is 0. The molecule has 0 spiro atoms. The molecular formula is C12H17NO. The van der Waals surface area contributed by atoms with Gasteiger partial charge < -0.3 is 4.74 Å². The van der Waals surface area contributed by atoms with Crippen LogP contribution in [0.4, 0.5) is 0 Å². The molecule has 76 valence electrons. The lowest BCUT2D eigenvalue weighted by molar-refractivity contribution is 0.0310. The first kappa shape index (κ1) is 10.9. The largest absolute Gasteiger partial charge is 0.358 e. The number of benzene rings is 1. The molecule has 0 heterocycles. The second-order valence-corrected chi connectivity index (χ2v) is 3.71. The van der Waals surface area contributed by atoms with Gasteiger partial charge in [-0.15, -0.1) is 0 Å². The second-order valence-electron chi connectivity index (χ2n) is 3.71. The molecule has 0 aliphatic heterocycles. The maximum atomic E-state index is 5.24. The van der Waals surface area contributed by atoms with Crippen molar-refractivity contribution in [1.29, 1.82) is 0 Å². The fourth-order valence-electron chi connectivity index (χ4n) is 1.19. The Morgan fingerprint density at radius 1 is 1.21 bits per heavy atom. The molecule has 0 radical (unpaired) electrons. The van der Waals surface area contributed by atoms with E-state index in [0.717, 1.165) is 11.3 Å². The number of hydrogen-bond donors (Lipinski definition) is 0. The Morgan fingerprint density at radius 3 is 2.29 bits per heavy atom. The smallest absolute Gasteiger partial charge is 0.153 e. The summed E-state index contributed by atoms with van der Waals surface area (Å²) in [7, 11) is 1.67. The highest BCUT2D eigenvalue weighted by molar-refractivity contribution is 5.98. The number of hydrogen-bond acceptors (Lipinski definition) is 2. The van der Waals surface area contributed by atoms with E-state index in [1.807, 2.05) is 51.1 Å². The molecule has 0 fully saturated rings. The summed E-state index contributed by atoms with van der Waals surface area (Å²) in [5.41, 5.74) is 1.69. The fourth-order valence-corrected chi connectivity index (χ4v) is 1.19. The van der Waals surface area contributed by atoms with Crippen molar-refractivity contribution in [2.45, 2.75) is 26.5 Å². The SMILES string of the molecule is COC(C)(C)N=C(C)c1ccccc1. The molecule has 0 N–H and O–H groups in total. The molecule has 2 nitrogen and oxygen atoms in total. The Hall–Kier alpha value is -1.15. The molecule has 0 amide bonds. The first-order valence-electron chi connectivity index (χ1n) is 4.72. The van der Waals surface area contributed by atoms with Crippen molar-refractivity contribution in [2.24, 2.45) is 4.99 Å². The second kappa shape index (κ2) is 4.38. The summed E-state index contributed by atoms with van der Waals surface area (Å²) >= 11 is 0. The predicted octanol–water partition coefficient (Wildman–Crippen LogP) is 2.88. The minimum Gasteiger partial charge on any atom is -0.358 e. The first-order chi connectivity index (χ1) is 6.55. The lowest BCUT2D eigenvalue weighted by Crippen LogP contribution is -2.21. The summed E-state index contributed by atoms with van der Waals surface area (Å²) in [4.78, 5) is 4.49. The van der Waals surface area contributed by atoms with Gasteiger partial charge in [-0.3, -0.25) is 4.99 Å². The fraction of sp³-hybridized carbons (Fsp3) is 0.417. The molecular weight excluding hydrogens is 174 g/mol. The van der Waals surface area contributed by atoms with Crippen LogP contribution in [-0.2, 0) is 4.74 Å². The van der Waals surface area contributed by atoms with Crippen molar-refractivity contribution in [3.63, 3.8) is 0 Å². The van der Waals surface area contributed by atoms with Crippen LogP contribution in [-0.4, -0.2) is 18.5 Å². The highest BCUT2D eigenvalue weighted by atomic mass is 16.5. The van der Waals surface area contributed by atoms with Crippen LogP contribution in [0.1, 0.15) is 26.3 Å². The van der Waals surface area contributed by atoms with E-state index in [1.165, 1.54) is 0 Å². The molecule has 0 bridgehead atoms. The van der Waals surface area contributed by atoms with Gasteiger partial charge in [-0.05, 0) is 26.3 Å². The van der Waals surface area contributed by atoms with E-state index in [2.05, 4.69) is 4.99 Å². The average molecular weight is 191 g/mol. The molecule has 0 aliphatic carbocycles. The van der Waals surface area contributed by atoms with Crippen molar-refractivity contribution in [1.82, 2.24) is 0 Å². The van der Waals surface area contributed by atoms with E-state index in [0.29, 0.717) is 0 Å². The number of ether oxygens (including phenoxy) is 1. The number of aliphatic imine (C=N–C) groups is 1. The van der Waals surface area contributed by atoms with Crippen LogP contribution in [0.25, 0.3) is 0 Å². The highest BCUT2D eigenvalue weighted by Crippen LogP contribution is 2.12. The topological polar surface area (TPSA) is 21.6 Å². The minimum absolute atomic E-state index is 0.445. The number of methoxy groups -OCH3 is 1. The van der Waals surface area contributed by atoms with Crippen LogP contribution < -0.4 is 0 Å². The van der Waals surface area contributed by atoms with Crippen molar-refractivity contribution >= 4 is 5.71 Å². The van der Waals surface area contributed by atoms with E-state index in [9.17, 15) is 0 Å². The van der Waals surface area contributed by atoms with Crippen molar-refractivity contribution in [2.75, 3.05) is 7.11 Å². The molecule has 0 atom stereocenters. The zero-order valence-corrected chi connectivity index (χ0v) is 9.24. The van der Waals surface area contributed by atoms with Gasteiger partial charge in [-0.1, -0.05) is 30.3 Å². The van der Waals surface area contributed by atoms with Crippen LogP contribution in [0.3, 0.4) is 0 Å². The van der Waals surface area contributed by atoms with Gasteiger partial charge in [-0.2, -0.15) is 0 Å². The molecule has 0 aliphatic rings. The van der Waals surface area contributed by atoms with E-state index in [1.54, 1.807) is 7.11 Å². The van der Waals surface area contributed by atoms with Gasteiger partial charge in [0, 0.05) is 12.8 Å². The molecule has 0 unspecified atom stereocenters. The summed E-state index contributed by atoms with van der Waals surface area (Å²) in [6.07, 6.45) is 0. The lowest BCUT2D eigenvalue weighted by atomic mass is 10.1. The van der Waals surface area contributed by atoms with Crippen LogP contribution in [0.5, 0.6) is 0 Å². The average Bonchev–Trinajstić information content (AvgIpc) is 2.19. The molecule has 0 saturated carbocycles. The van der Waals surface area contributed by atoms with Crippen LogP contribution in [0.2, 0.25) is 0 Å². The van der Waals surface area contributed by atoms with E-state index < -0.39 is 5.72 Å². The Kier molecular flexibility index (Phi) is 3.42. The maximum Gasteiger partial charge on any atom is 0.153 e. The normalized spacial score (nSPS) is 13.0. The summed E-state index contributed by atoms with van der Waals surface area (Å²) < 4.78 is 5.24. The number of rotatable bonds is 3. The molecule has 0 saturated heterocycles. The first-order valence-corrected chi connectivity index (χ1v) is 4.72. The third-order valence-corrected chi connectivity index (χ3v) is 2.13. The highest BCUT2D eigenvalue weighted by Gasteiger charge is 2.14. The Balaban J connectivity index is 2.91. The van der Waals surface area contributed by atoms with E-state index in [4.69, 9.17) is 4.74 Å². The molecule has 2 heteroatoms. The minimum atomic E-state index is -0.445. The zero-order chi connectivity index (χ0) is 10.6. The van der Waals surface area contributed by atoms with Gasteiger partial charge in [0.05, 0.1) is 0 Å². The van der Waals surface area contributed by atoms with Gasteiger partial charge >= 0.3 is 0 Å². The standard InChI is InChI=1S/C12H17NO/c1-10(13-12(2,3)14-4)11-8-6-5-7-9-11/h5-9H,1-4H3. The van der Waals surface area contributed by atoms with Gasteiger partial charge in [0.1, 0.15) is 0 Å². The van der Waals surface area contributed by atoms with Gasteiger partial charge in [0.2, 0.25) is 0 Å². The summed E-state index contributed by atoms with van der Waals surface area (Å²) in [5.74, 6) is 0. The molecule has 0 aromatic heterocycles. The van der Waals surface area contributed by atoms with Crippen molar-refractivity contribution in [3.05, 3.63) is 35.9 Å². The van der Waals surface area contributed by atoms with Crippen LogP contribution in [0, 0.1) is 0 Å². The summed E-state index contributed by atoms with van der Waals surface area (Å²) in [6, 6.07) is 10.1. The predicted molar refractivity (Wildman–Crippen MR) is 59.7 cm³/mol. The third-order valence-electron chi connectivity index (χ3n) is 2.13.